The van der Waals surface area contributed by atoms with Gasteiger partial charge < -0.3 is 4.74 Å². The molecule has 0 unspecified atom stereocenters. The second-order valence-electron chi connectivity index (χ2n) is 6.19. The van der Waals surface area contributed by atoms with E-state index in [0.717, 1.165) is 36.8 Å². The zero-order chi connectivity index (χ0) is 19.5. The van der Waals surface area contributed by atoms with Crippen LogP contribution in [0.1, 0.15) is 48.5 Å². The Bertz CT molecular complexity index is 763. The molecule has 0 radical (unpaired) electrons. The van der Waals surface area contributed by atoms with Gasteiger partial charge in [-0.3, -0.25) is 4.79 Å². The zero-order valence-corrected chi connectivity index (χ0v) is 15.4. The van der Waals surface area contributed by atoms with Crippen molar-refractivity contribution >= 4 is 11.9 Å². The number of alkyl halides is 2. The minimum atomic E-state index is -2.87. The van der Waals surface area contributed by atoms with E-state index in [2.05, 4.69) is 17.7 Å². The number of hydrogen-bond acceptors (Lipinski definition) is 2. The molecule has 0 bridgehead atoms. The number of rotatable bonds is 10. The molecule has 0 spiro atoms. The van der Waals surface area contributed by atoms with Crippen LogP contribution in [0.3, 0.4) is 0 Å². The Morgan fingerprint density at radius 1 is 1.00 bits per heavy atom. The van der Waals surface area contributed by atoms with Crippen LogP contribution in [0.25, 0.3) is 6.08 Å². The van der Waals surface area contributed by atoms with Crippen molar-refractivity contribution in [2.45, 2.75) is 39.2 Å². The standard InChI is InChI=1S/C23H24F2O2/c1-2-3-5-8-19(17-18-9-6-4-7-10-18)11-16-22(26)20-12-14-21(15-13-20)27-23(24)25/h4,6-7,9-17,23H,2-3,5,8H2,1H3/b16-11+,19-17-. The molecule has 0 aliphatic carbocycles. The lowest BCUT2D eigenvalue weighted by Gasteiger charge is -2.05. The molecule has 0 aromatic heterocycles. The van der Waals surface area contributed by atoms with Gasteiger partial charge in [-0.1, -0.05) is 62.2 Å². The molecule has 0 saturated heterocycles. The quantitative estimate of drug-likeness (QED) is 0.201. The number of unbranched alkanes of at least 4 members (excludes halogenated alkanes) is 2. The maximum Gasteiger partial charge on any atom is 0.387 e. The predicted molar refractivity (Wildman–Crippen MR) is 105 cm³/mol. The minimum Gasteiger partial charge on any atom is -0.435 e. The molecule has 0 aliphatic heterocycles. The number of hydrogen-bond donors (Lipinski definition) is 0. The van der Waals surface area contributed by atoms with Crippen LogP contribution in [-0.4, -0.2) is 12.4 Å². The van der Waals surface area contributed by atoms with E-state index in [-0.39, 0.29) is 11.5 Å². The first-order valence-corrected chi connectivity index (χ1v) is 9.11. The largest absolute Gasteiger partial charge is 0.435 e. The van der Waals surface area contributed by atoms with E-state index in [1.165, 1.54) is 30.3 Å². The summed E-state index contributed by atoms with van der Waals surface area (Å²) < 4.78 is 28.7. The Morgan fingerprint density at radius 2 is 1.70 bits per heavy atom. The molecule has 0 amide bonds. The van der Waals surface area contributed by atoms with Crippen molar-refractivity contribution in [2.24, 2.45) is 0 Å². The molecule has 0 heterocycles. The molecular weight excluding hydrogens is 346 g/mol. The average Bonchev–Trinajstić information content (AvgIpc) is 2.67. The number of benzene rings is 2. The van der Waals surface area contributed by atoms with Crippen LogP contribution in [-0.2, 0) is 0 Å². The molecule has 0 fully saturated rings. The van der Waals surface area contributed by atoms with Crippen molar-refractivity contribution < 1.29 is 18.3 Å². The van der Waals surface area contributed by atoms with E-state index < -0.39 is 6.61 Å². The van der Waals surface area contributed by atoms with Crippen LogP contribution in [0.4, 0.5) is 8.78 Å². The van der Waals surface area contributed by atoms with Gasteiger partial charge in [0.05, 0.1) is 0 Å². The molecule has 2 aromatic rings. The van der Waals surface area contributed by atoms with E-state index >= 15 is 0 Å². The summed E-state index contributed by atoms with van der Waals surface area (Å²) in [5.41, 5.74) is 2.61. The zero-order valence-electron chi connectivity index (χ0n) is 15.4. The molecule has 0 atom stereocenters. The van der Waals surface area contributed by atoms with Gasteiger partial charge in [0.2, 0.25) is 0 Å². The third kappa shape index (κ3) is 7.57. The van der Waals surface area contributed by atoms with Crippen LogP contribution in [0, 0.1) is 0 Å². The summed E-state index contributed by atoms with van der Waals surface area (Å²) in [5.74, 6) is -0.136. The monoisotopic (exact) mass is 370 g/mol. The van der Waals surface area contributed by atoms with Gasteiger partial charge in [-0.05, 0) is 54.3 Å². The Kier molecular flexibility index (Phi) is 8.43. The maximum atomic E-state index is 12.4. The average molecular weight is 370 g/mol. The number of carbonyl (C=O) groups excluding carboxylic acids is 1. The minimum absolute atomic E-state index is 0.0368. The second-order valence-corrected chi connectivity index (χ2v) is 6.19. The summed E-state index contributed by atoms with van der Waals surface area (Å²) in [7, 11) is 0. The van der Waals surface area contributed by atoms with Crippen molar-refractivity contribution in [2.75, 3.05) is 0 Å². The van der Waals surface area contributed by atoms with Crippen LogP contribution < -0.4 is 4.74 Å². The first-order valence-electron chi connectivity index (χ1n) is 9.11. The van der Waals surface area contributed by atoms with E-state index in [1.807, 2.05) is 36.4 Å². The highest BCUT2D eigenvalue weighted by molar-refractivity contribution is 6.04. The summed E-state index contributed by atoms with van der Waals surface area (Å²) in [5, 5.41) is 0. The summed E-state index contributed by atoms with van der Waals surface area (Å²) in [6.45, 7) is -0.721. The number of ketones is 1. The van der Waals surface area contributed by atoms with Crippen LogP contribution in [0.5, 0.6) is 5.75 Å². The number of ether oxygens (including phenoxy) is 1. The Balaban J connectivity index is 2.09. The van der Waals surface area contributed by atoms with Crippen molar-refractivity contribution in [1.29, 1.82) is 0 Å². The van der Waals surface area contributed by atoms with E-state index in [4.69, 9.17) is 0 Å². The lowest BCUT2D eigenvalue weighted by atomic mass is 10.0. The molecule has 0 saturated carbocycles. The number of halogens is 2. The Hall–Kier alpha value is -2.75. The number of allylic oxidation sites excluding steroid dienone is 3. The third-order valence-electron chi connectivity index (χ3n) is 4.03. The predicted octanol–water partition coefficient (Wildman–Crippen LogP) is 6.69. The third-order valence-corrected chi connectivity index (χ3v) is 4.03. The molecule has 2 rings (SSSR count). The molecule has 142 valence electrons. The molecule has 0 aliphatic rings. The van der Waals surface area contributed by atoms with Gasteiger partial charge in [-0.2, -0.15) is 8.78 Å². The van der Waals surface area contributed by atoms with E-state index in [0.29, 0.717) is 5.56 Å². The fourth-order valence-electron chi connectivity index (χ4n) is 2.63. The van der Waals surface area contributed by atoms with Gasteiger partial charge in [0, 0.05) is 5.56 Å². The van der Waals surface area contributed by atoms with E-state index in [9.17, 15) is 13.6 Å². The van der Waals surface area contributed by atoms with Gasteiger partial charge in [-0.15, -0.1) is 0 Å². The fourth-order valence-corrected chi connectivity index (χ4v) is 2.63. The van der Waals surface area contributed by atoms with Crippen molar-refractivity contribution in [3.63, 3.8) is 0 Å². The normalized spacial score (nSPS) is 11.9. The molecule has 2 nitrogen and oxygen atoms in total. The topological polar surface area (TPSA) is 26.3 Å². The van der Waals surface area contributed by atoms with Crippen LogP contribution in [0.2, 0.25) is 0 Å². The van der Waals surface area contributed by atoms with Crippen molar-refractivity contribution in [3.8, 4) is 5.75 Å². The summed E-state index contributed by atoms with van der Waals surface area (Å²) in [6, 6.07) is 15.7. The first-order chi connectivity index (χ1) is 13.1. The summed E-state index contributed by atoms with van der Waals surface area (Å²) in [4.78, 5) is 12.4. The lowest BCUT2D eigenvalue weighted by molar-refractivity contribution is -0.0498. The Labute approximate surface area is 159 Å². The highest BCUT2D eigenvalue weighted by atomic mass is 19.3. The molecule has 0 N–H and O–H groups in total. The van der Waals surface area contributed by atoms with Crippen molar-refractivity contribution in [1.82, 2.24) is 0 Å². The smallest absolute Gasteiger partial charge is 0.387 e. The van der Waals surface area contributed by atoms with Gasteiger partial charge in [0.25, 0.3) is 0 Å². The van der Waals surface area contributed by atoms with Gasteiger partial charge in [0.1, 0.15) is 5.75 Å². The molecule has 2 aromatic carbocycles. The van der Waals surface area contributed by atoms with Gasteiger partial charge in [0.15, 0.2) is 5.78 Å². The fraction of sp³-hybridized carbons (Fsp3) is 0.261. The van der Waals surface area contributed by atoms with Crippen LogP contribution >= 0.6 is 0 Å². The molecular formula is C23H24F2O2. The van der Waals surface area contributed by atoms with Crippen LogP contribution in [0.15, 0.2) is 72.3 Å². The highest BCUT2D eigenvalue weighted by Gasteiger charge is 2.06. The lowest BCUT2D eigenvalue weighted by Crippen LogP contribution is -2.02. The molecule has 27 heavy (non-hydrogen) atoms. The highest BCUT2D eigenvalue weighted by Crippen LogP contribution is 2.18. The van der Waals surface area contributed by atoms with Gasteiger partial charge in [-0.25, -0.2) is 0 Å². The molecule has 4 heteroatoms. The van der Waals surface area contributed by atoms with Crippen molar-refractivity contribution in [3.05, 3.63) is 83.4 Å². The summed E-state index contributed by atoms with van der Waals surface area (Å²) >= 11 is 0. The second kappa shape index (κ2) is 11.1. The SMILES string of the molecule is CCCCCC(=C/c1ccccc1)/C=C/C(=O)c1ccc(OC(F)F)cc1. The number of carbonyl (C=O) groups is 1. The summed E-state index contributed by atoms with van der Waals surface area (Å²) in [6.07, 6.45) is 9.69. The Morgan fingerprint density at radius 3 is 2.33 bits per heavy atom. The maximum absolute atomic E-state index is 12.4. The van der Waals surface area contributed by atoms with Gasteiger partial charge >= 0.3 is 6.61 Å². The van der Waals surface area contributed by atoms with E-state index in [1.54, 1.807) is 0 Å². The first kappa shape index (κ1) is 20.6.